The lowest BCUT2D eigenvalue weighted by molar-refractivity contribution is 1.08. The molecule has 55 heavy (non-hydrogen) atoms. The summed E-state index contributed by atoms with van der Waals surface area (Å²) in [6, 6.07) is 74.5. The van der Waals surface area contributed by atoms with Crippen LogP contribution in [0.25, 0.3) is 105 Å². The summed E-state index contributed by atoms with van der Waals surface area (Å²) in [5.74, 6) is 0.912. The monoisotopic (exact) mass is 698 g/mol. The second-order valence-electron chi connectivity index (χ2n) is 14.3. The molecule has 11 rings (SSSR count). The highest BCUT2D eigenvalue weighted by molar-refractivity contribution is 6.25. The quantitative estimate of drug-likeness (QED) is 0.164. The summed E-state index contributed by atoms with van der Waals surface area (Å²) in [6.07, 6.45) is 0. The molecule has 0 aliphatic rings. The van der Waals surface area contributed by atoms with Crippen LogP contribution in [-0.4, -0.2) is 9.55 Å². The number of pyridine rings is 1. The summed E-state index contributed by atoms with van der Waals surface area (Å²) in [4.78, 5) is 5.24. The predicted molar refractivity (Wildman–Crippen MR) is 233 cm³/mol. The van der Waals surface area contributed by atoms with Crippen molar-refractivity contribution in [3.8, 4) is 50.5 Å². The van der Waals surface area contributed by atoms with Crippen LogP contribution < -0.4 is 0 Å². The van der Waals surface area contributed by atoms with Gasteiger partial charge in [0.2, 0.25) is 0 Å². The average molecular weight is 699 g/mol. The molecule has 0 N–H and O–H groups in total. The molecule has 0 aliphatic carbocycles. The molecule has 2 heteroatoms. The summed E-state index contributed by atoms with van der Waals surface area (Å²) < 4.78 is 2.28. The molecule has 0 amide bonds. The van der Waals surface area contributed by atoms with E-state index < -0.39 is 0 Å². The third-order valence-electron chi connectivity index (χ3n) is 11.2. The number of aromatic nitrogens is 2. The topological polar surface area (TPSA) is 17.8 Å². The van der Waals surface area contributed by atoms with Gasteiger partial charge in [-0.2, -0.15) is 0 Å². The van der Waals surface area contributed by atoms with E-state index in [4.69, 9.17) is 4.98 Å². The molecule has 0 bridgehead atoms. The van der Waals surface area contributed by atoms with Crippen molar-refractivity contribution in [1.82, 2.24) is 9.55 Å². The van der Waals surface area contributed by atoms with Crippen molar-refractivity contribution in [2.24, 2.45) is 0 Å². The van der Waals surface area contributed by atoms with E-state index in [0.29, 0.717) is 0 Å². The Hall–Kier alpha value is -7.29. The van der Waals surface area contributed by atoms with E-state index >= 15 is 0 Å². The number of hydrogen-bond acceptors (Lipinski definition) is 1. The maximum Gasteiger partial charge on any atom is 0.138 e. The van der Waals surface area contributed by atoms with Crippen LogP contribution in [-0.2, 0) is 0 Å². The molecule has 0 aliphatic heterocycles. The first-order chi connectivity index (χ1) is 27.3. The molecule has 2 nitrogen and oxygen atoms in total. The standard InChI is InChI=1S/C53H34N2/c1-2-21-44-42(19-1)43-20-3-4-22-45(43)49-34-40(29-30-46(44)49)38-16-10-14-36(32-38)35-13-9-15-37(31-35)39-17-11-18-41(33-39)50-25-12-28-53(54-50)55-51-26-7-5-23-47(51)48-24-6-8-27-52(48)55/h1-34H. The molecule has 0 unspecified atom stereocenters. The van der Waals surface area contributed by atoms with Crippen LogP contribution in [0, 0.1) is 0 Å². The number of hydrogen-bond donors (Lipinski definition) is 0. The van der Waals surface area contributed by atoms with E-state index in [9.17, 15) is 0 Å². The Labute approximate surface area is 319 Å². The van der Waals surface area contributed by atoms with Gasteiger partial charge in [0.1, 0.15) is 5.82 Å². The zero-order valence-corrected chi connectivity index (χ0v) is 30.0. The van der Waals surface area contributed by atoms with Gasteiger partial charge in [-0.1, -0.05) is 158 Å². The summed E-state index contributed by atoms with van der Waals surface area (Å²) in [7, 11) is 0. The minimum atomic E-state index is 0.912. The highest BCUT2D eigenvalue weighted by atomic mass is 15.1. The van der Waals surface area contributed by atoms with Gasteiger partial charge in [-0.05, 0) is 114 Å². The average Bonchev–Trinajstić information content (AvgIpc) is 3.61. The molecule has 0 saturated carbocycles. The lowest BCUT2D eigenvalue weighted by Gasteiger charge is -2.13. The van der Waals surface area contributed by atoms with Crippen LogP contribution in [0.2, 0.25) is 0 Å². The van der Waals surface area contributed by atoms with E-state index in [1.165, 1.54) is 70.9 Å². The Balaban J connectivity index is 0.948. The van der Waals surface area contributed by atoms with Gasteiger partial charge in [-0.25, -0.2) is 4.98 Å². The van der Waals surface area contributed by atoms with Gasteiger partial charge in [0.15, 0.2) is 0 Å². The van der Waals surface area contributed by atoms with Crippen molar-refractivity contribution in [2.75, 3.05) is 0 Å². The largest absolute Gasteiger partial charge is 0.294 e. The first-order valence-corrected chi connectivity index (χ1v) is 18.9. The summed E-state index contributed by atoms with van der Waals surface area (Å²) in [5.41, 5.74) is 11.5. The third kappa shape index (κ3) is 5.22. The van der Waals surface area contributed by atoms with Crippen molar-refractivity contribution in [2.45, 2.75) is 0 Å². The number of nitrogens with zero attached hydrogens (tertiary/aromatic N) is 2. The summed E-state index contributed by atoms with van der Waals surface area (Å²) in [5, 5.41) is 10.2. The van der Waals surface area contributed by atoms with Gasteiger partial charge in [-0.3, -0.25) is 4.57 Å². The molecule has 0 atom stereocenters. The maximum atomic E-state index is 5.24. The van der Waals surface area contributed by atoms with Crippen LogP contribution in [0.3, 0.4) is 0 Å². The molecule has 11 aromatic rings. The molecular formula is C53H34N2. The molecule has 2 heterocycles. The van der Waals surface area contributed by atoms with Crippen molar-refractivity contribution < 1.29 is 0 Å². The second kappa shape index (κ2) is 12.7. The van der Waals surface area contributed by atoms with Crippen molar-refractivity contribution in [3.63, 3.8) is 0 Å². The molecule has 0 saturated heterocycles. The first kappa shape index (κ1) is 31.3. The highest BCUT2D eigenvalue weighted by Crippen LogP contribution is 2.38. The lowest BCUT2D eigenvalue weighted by atomic mass is 9.91. The number of para-hydroxylation sites is 2. The molecule has 0 spiro atoms. The van der Waals surface area contributed by atoms with Crippen LogP contribution in [0.15, 0.2) is 206 Å². The van der Waals surface area contributed by atoms with Gasteiger partial charge in [0.25, 0.3) is 0 Å². The predicted octanol–water partition coefficient (Wildman–Crippen LogP) is 14.3. The molecule has 0 radical (unpaired) electrons. The Bertz CT molecular complexity index is 3190. The van der Waals surface area contributed by atoms with Gasteiger partial charge in [0, 0.05) is 16.3 Å². The smallest absolute Gasteiger partial charge is 0.138 e. The zero-order valence-electron chi connectivity index (χ0n) is 30.0. The second-order valence-corrected chi connectivity index (χ2v) is 14.3. The van der Waals surface area contributed by atoms with Crippen LogP contribution in [0.5, 0.6) is 0 Å². The third-order valence-corrected chi connectivity index (χ3v) is 11.2. The fourth-order valence-electron chi connectivity index (χ4n) is 8.58. The fourth-order valence-corrected chi connectivity index (χ4v) is 8.58. The van der Waals surface area contributed by atoms with E-state index in [0.717, 1.165) is 33.7 Å². The Morgan fingerprint density at radius 3 is 1.16 bits per heavy atom. The van der Waals surface area contributed by atoms with Crippen molar-refractivity contribution >= 4 is 54.1 Å². The van der Waals surface area contributed by atoms with Gasteiger partial charge < -0.3 is 0 Å². The Morgan fingerprint density at radius 2 is 0.636 bits per heavy atom. The number of fused-ring (bicyclic) bond motifs is 9. The molecule has 256 valence electrons. The van der Waals surface area contributed by atoms with Crippen molar-refractivity contribution in [3.05, 3.63) is 206 Å². The van der Waals surface area contributed by atoms with Crippen molar-refractivity contribution in [1.29, 1.82) is 0 Å². The Morgan fingerprint density at radius 1 is 0.255 bits per heavy atom. The van der Waals surface area contributed by atoms with Gasteiger partial charge in [0.05, 0.1) is 16.7 Å². The summed E-state index contributed by atoms with van der Waals surface area (Å²) >= 11 is 0. The normalized spacial score (nSPS) is 11.6. The van der Waals surface area contributed by atoms with Crippen LogP contribution >= 0.6 is 0 Å². The van der Waals surface area contributed by atoms with E-state index in [-0.39, 0.29) is 0 Å². The van der Waals surface area contributed by atoms with Crippen LogP contribution in [0.4, 0.5) is 0 Å². The first-order valence-electron chi connectivity index (χ1n) is 18.9. The van der Waals surface area contributed by atoms with E-state index in [1.54, 1.807) is 0 Å². The Kier molecular flexibility index (Phi) is 7.21. The molecule has 0 fully saturated rings. The lowest BCUT2D eigenvalue weighted by Crippen LogP contribution is -1.98. The number of rotatable bonds is 5. The number of benzene rings is 9. The zero-order chi connectivity index (χ0) is 36.3. The molecule has 2 aromatic heterocycles. The SMILES string of the molecule is c1cc(-c2cccc(-c3ccc4c5ccccc5c5ccccc5c4c3)c2)cc(-c2cccc(-c3cccc(-n4c5ccccc5c5ccccc54)n3)c2)c1. The van der Waals surface area contributed by atoms with Gasteiger partial charge in [-0.15, -0.1) is 0 Å². The van der Waals surface area contributed by atoms with Gasteiger partial charge >= 0.3 is 0 Å². The fraction of sp³-hybridized carbons (Fsp3) is 0. The highest BCUT2D eigenvalue weighted by Gasteiger charge is 2.14. The summed E-state index contributed by atoms with van der Waals surface area (Å²) in [6.45, 7) is 0. The van der Waals surface area contributed by atoms with E-state index in [2.05, 4.69) is 211 Å². The molecular weight excluding hydrogens is 665 g/mol. The minimum absolute atomic E-state index is 0.912. The van der Waals surface area contributed by atoms with E-state index in [1.807, 2.05) is 0 Å². The maximum absolute atomic E-state index is 5.24. The molecule has 9 aromatic carbocycles. The van der Waals surface area contributed by atoms with Crippen LogP contribution in [0.1, 0.15) is 0 Å². The minimum Gasteiger partial charge on any atom is -0.294 e.